The molecule has 0 spiro atoms. The molecular weight excluding hydrogens is 340 g/mol. The Morgan fingerprint density at radius 2 is 1.88 bits per heavy atom. The van der Waals surface area contributed by atoms with Gasteiger partial charge in [-0.3, -0.25) is 10.1 Å². The number of fused-ring (bicyclic) bond motifs is 1. The van der Waals surface area contributed by atoms with Gasteiger partial charge in [-0.1, -0.05) is 12.1 Å². The van der Waals surface area contributed by atoms with E-state index in [2.05, 4.69) is 4.98 Å². The Labute approximate surface area is 147 Å². The Morgan fingerprint density at radius 3 is 2.68 bits per heavy atom. The number of thiazole rings is 1. The standard InChI is InChI=1S/C18H12N2O4S/c21-20(22)14-5-3-13(4-6-14)15-10-25-18(19-15)8-2-12-1-7-16-17(9-12)24-11-23-16/h1-10H,11H2. The number of aromatic nitrogens is 1. The lowest BCUT2D eigenvalue weighted by Crippen LogP contribution is -1.92. The lowest BCUT2D eigenvalue weighted by atomic mass is 10.1. The zero-order valence-corrected chi connectivity index (χ0v) is 13.7. The minimum atomic E-state index is -0.412. The van der Waals surface area contributed by atoms with Crippen molar-refractivity contribution in [3.05, 3.63) is 68.5 Å². The molecule has 2 heterocycles. The number of hydrogen-bond donors (Lipinski definition) is 0. The Morgan fingerprint density at radius 1 is 1.08 bits per heavy atom. The third-order valence-electron chi connectivity index (χ3n) is 3.71. The number of ether oxygens (including phenoxy) is 2. The van der Waals surface area contributed by atoms with Crippen molar-refractivity contribution in [2.45, 2.75) is 0 Å². The average molecular weight is 352 g/mol. The number of non-ortho nitro benzene ring substituents is 1. The Kier molecular flexibility index (Phi) is 3.91. The van der Waals surface area contributed by atoms with E-state index >= 15 is 0 Å². The molecule has 25 heavy (non-hydrogen) atoms. The first-order chi connectivity index (χ1) is 12.2. The van der Waals surface area contributed by atoms with Gasteiger partial charge >= 0.3 is 0 Å². The summed E-state index contributed by atoms with van der Waals surface area (Å²) in [4.78, 5) is 14.8. The third-order valence-corrected chi connectivity index (χ3v) is 4.52. The van der Waals surface area contributed by atoms with Gasteiger partial charge in [-0.2, -0.15) is 0 Å². The summed E-state index contributed by atoms with van der Waals surface area (Å²) in [5, 5.41) is 13.5. The molecule has 0 fully saturated rings. The van der Waals surface area contributed by atoms with Gasteiger partial charge in [0.1, 0.15) is 5.01 Å². The molecule has 1 aliphatic rings. The van der Waals surface area contributed by atoms with Gasteiger partial charge in [-0.15, -0.1) is 11.3 Å². The summed E-state index contributed by atoms with van der Waals surface area (Å²) in [6.07, 6.45) is 3.89. The highest BCUT2D eigenvalue weighted by atomic mass is 32.1. The molecule has 3 aromatic rings. The molecule has 0 N–H and O–H groups in total. The normalized spacial score (nSPS) is 12.6. The van der Waals surface area contributed by atoms with Gasteiger partial charge < -0.3 is 9.47 Å². The summed E-state index contributed by atoms with van der Waals surface area (Å²) in [5.41, 5.74) is 2.72. The van der Waals surface area contributed by atoms with Gasteiger partial charge in [0.25, 0.3) is 5.69 Å². The molecule has 0 saturated heterocycles. The maximum atomic E-state index is 10.7. The number of nitro groups is 1. The minimum Gasteiger partial charge on any atom is -0.454 e. The number of benzene rings is 2. The van der Waals surface area contributed by atoms with Crippen molar-refractivity contribution in [1.82, 2.24) is 4.98 Å². The van der Waals surface area contributed by atoms with E-state index in [1.54, 1.807) is 12.1 Å². The second-order valence-electron chi connectivity index (χ2n) is 5.32. The molecule has 0 bridgehead atoms. The van der Waals surface area contributed by atoms with Crippen molar-refractivity contribution < 1.29 is 14.4 Å². The van der Waals surface area contributed by atoms with E-state index < -0.39 is 4.92 Å². The second-order valence-corrected chi connectivity index (χ2v) is 6.21. The second kappa shape index (κ2) is 6.37. The van der Waals surface area contributed by atoms with Crippen molar-refractivity contribution in [3.63, 3.8) is 0 Å². The topological polar surface area (TPSA) is 74.5 Å². The summed E-state index contributed by atoms with van der Waals surface area (Å²) >= 11 is 1.51. The number of hydrogen-bond acceptors (Lipinski definition) is 6. The van der Waals surface area contributed by atoms with Gasteiger partial charge in [0.2, 0.25) is 6.79 Å². The van der Waals surface area contributed by atoms with Crippen LogP contribution in [-0.4, -0.2) is 16.7 Å². The average Bonchev–Trinajstić information content (AvgIpc) is 3.29. The summed E-state index contributed by atoms with van der Waals surface area (Å²) in [6.45, 7) is 0.258. The molecule has 6 nitrogen and oxygen atoms in total. The van der Waals surface area contributed by atoms with Crippen LogP contribution < -0.4 is 9.47 Å². The summed E-state index contributed by atoms with van der Waals surface area (Å²) in [7, 11) is 0. The zero-order chi connectivity index (χ0) is 17.2. The fraction of sp³-hybridized carbons (Fsp3) is 0.0556. The SMILES string of the molecule is O=[N+]([O-])c1ccc(-c2csc(C=Cc3ccc4c(c3)OCO4)n2)cc1. The minimum absolute atomic E-state index is 0.0712. The summed E-state index contributed by atoms with van der Waals surface area (Å²) < 4.78 is 10.7. The Hall–Kier alpha value is -3.19. The molecule has 0 saturated carbocycles. The van der Waals surface area contributed by atoms with Crippen LogP contribution in [0.4, 0.5) is 5.69 Å². The smallest absolute Gasteiger partial charge is 0.269 e. The van der Waals surface area contributed by atoms with E-state index in [9.17, 15) is 10.1 Å². The highest BCUT2D eigenvalue weighted by molar-refractivity contribution is 7.10. The fourth-order valence-electron chi connectivity index (χ4n) is 2.43. The molecule has 0 amide bonds. The van der Waals surface area contributed by atoms with Crippen LogP contribution >= 0.6 is 11.3 Å². The van der Waals surface area contributed by atoms with Gasteiger partial charge in [0.15, 0.2) is 11.5 Å². The first-order valence-corrected chi connectivity index (χ1v) is 8.35. The predicted octanol–water partition coefficient (Wildman–Crippen LogP) is 4.62. The maximum Gasteiger partial charge on any atom is 0.269 e. The van der Waals surface area contributed by atoms with Crippen molar-refractivity contribution >= 4 is 29.2 Å². The van der Waals surface area contributed by atoms with E-state index in [0.29, 0.717) is 0 Å². The van der Waals surface area contributed by atoms with Crippen LogP contribution in [0.2, 0.25) is 0 Å². The van der Waals surface area contributed by atoms with Gasteiger partial charge in [0, 0.05) is 23.1 Å². The van der Waals surface area contributed by atoms with E-state index in [1.807, 2.05) is 35.7 Å². The highest BCUT2D eigenvalue weighted by Gasteiger charge is 2.12. The zero-order valence-electron chi connectivity index (χ0n) is 12.9. The first kappa shape index (κ1) is 15.3. The Balaban J connectivity index is 1.52. The molecule has 0 aliphatic carbocycles. The maximum absolute atomic E-state index is 10.7. The third kappa shape index (κ3) is 3.22. The molecule has 124 valence electrons. The summed E-state index contributed by atoms with van der Waals surface area (Å²) in [5.74, 6) is 1.50. The monoisotopic (exact) mass is 352 g/mol. The molecule has 0 atom stereocenters. The largest absolute Gasteiger partial charge is 0.454 e. The van der Waals surface area contributed by atoms with Crippen LogP contribution in [-0.2, 0) is 0 Å². The molecule has 1 aliphatic heterocycles. The number of nitrogens with zero attached hydrogens (tertiary/aromatic N) is 2. The van der Waals surface area contributed by atoms with Crippen LogP contribution in [0.3, 0.4) is 0 Å². The summed E-state index contributed by atoms with van der Waals surface area (Å²) in [6, 6.07) is 12.1. The van der Waals surface area contributed by atoms with E-state index in [-0.39, 0.29) is 12.5 Å². The van der Waals surface area contributed by atoms with Crippen molar-refractivity contribution in [2.75, 3.05) is 6.79 Å². The molecule has 1 aromatic heterocycles. The highest BCUT2D eigenvalue weighted by Crippen LogP contribution is 2.33. The van der Waals surface area contributed by atoms with Crippen LogP contribution in [0.5, 0.6) is 11.5 Å². The first-order valence-electron chi connectivity index (χ1n) is 7.47. The van der Waals surface area contributed by atoms with Crippen LogP contribution in [0, 0.1) is 10.1 Å². The van der Waals surface area contributed by atoms with Gasteiger partial charge in [-0.25, -0.2) is 4.98 Å². The number of nitro benzene ring substituents is 1. The number of rotatable bonds is 4. The molecule has 4 rings (SSSR count). The molecule has 7 heteroatoms. The fourth-order valence-corrected chi connectivity index (χ4v) is 3.15. The van der Waals surface area contributed by atoms with E-state index in [4.69, 9.17) is 9.47 Å². The van der Waals surface area contributed by atoms with Gasteiger partial charge in [-0.05, 0) is 35.9 Å². The van der Waals surface area contributed by atoms with Gasteiger partial charge in [0.05, 0.1) is 10.6 Å². The van der Waals surface area contributed by atoms with Crippen molar-refractivity contribution in [3.8, 4) is 22.8 Å². The van der Waals surface area contributed by atoms with E-state index in [1.165, 1.54) is 23.5 Å². The van der Waals surface area contributed by atoms with Crippen LogP contribution in [0.1, 0.15) is 10.6 Å². The molecular formula is C18H12N2O4S. The molecule has 0 unspecified atom stereocenters. The molecule has 0 radical (unpaired) electrons. The van der Waals surface area contributed by atoms with Crippen LogP contribution in [0.15, 0.2) is 47.8 Å². The van der Waals surface area contributed by atoms with Crippen molar-refractivity contribution in [1.29, 1.82) is 0 Å². The quantitative estimate of drug-likeness (QED) is 0.506. The van der Waals surface area contributed by atoms with E-state index in [0.717, 1.165) is 33.3 Å². The lowest BCUT2D eigenvalue weighted by molar-refractivity contribution is -0.384. The molecule has 2 aromatic carbocycles. The predicted molar refractivity (Wildman–Crippen MR) is 95.7 cm³/mol. The van der Waals surface area contributed by atoms with Crippen molar-refractivity contribution in [2.24, 2.45) is 0 Å². The van der Waals surface area contributed by atoms with Crippen LogP contribution in [0.25, 0.3) is 23.4 Å². The lowest BCUT2D eigenvalue weighted by Gasteiger charge is -1.97. The Bertz CT molecular complexity index is 963.